The molecule has 1 saturated heterocycles. The Morgan fingerprint density at radius 3 is 2.87 bits per heavy atom. The second-order valence-electron chi connectivity index (χ2n) is 5.13. The minimum atomic E-state index is -1.13. The fourth-order valence-electron chi connectivity index (χ4n) is 2.60. The van der Waals surface area contributed by atoms with Crippen LogP contribution in [0.4, 0.5) is 0 Å². The molecule has 2 aliphatic rings. The lowest BCUT2D eigenvalue weighted by atomic mass is 10.0. The van der Waals surface area contributed by atoms with E-state index in [1.54, 1.807) is 0 Å². The van der Waals surface area contributed by atoms with E-state index in [1.165, 1.54) is 28.0 Å². The number of hydrogen-bond acceptors (Lipinski definition) is 6. The minimum Gasteiger partial charge on any atom is -0.477 e. The second-order valence-corrected chi connectivity index (χ2v) is 7.58. The third kappa shape index (κ3) is 3.00. The fourth-order valence-corrected chi connectivity index (χ4v) is 5.06. The lowest BCUT2D eigenvalue weighted by Gasteiger charge is -2.49. The van der Waals surface area contributed by atoms with Gasteiger partial charge in [0.25, 0.3) is 5.91 Å². The van der Waals surface area contributed by atoms with Crippen molar-refractivity contribution in [2.75, 3.05) is 11.5 Å². The van der Waals surface area contributed by atoms with Crippen molar-refractivity contribution in [3.8, 4) is 0 Å². The van der Waals surface area contributed by atoms with Crippen LogP contribution < -0.4 is 5.32 Å². The molecule has 6 nitrogen and oxygen atoms in total. The molecular weight excluding hydrogens is 356 g/mol. The summed E-state index contributed by atoms with van der Waals surface area (Å²) in [7, 11) is 0. The maximum Gasteiger partial charge on any atom is 0.352 e. The zero-order valence-electron chi connectivity index (χ0n) is 11.9. The molecular formula is C14H14N2O4S3. The summed E-state index contributed by atoms with van der Waals surface area (Å²) in [6.45, 7) is 0. The molecule has 0 aromatic carbocycles. The highest BCUT2D eigenvalue weighted by Gasteiger charge is 2.53. The van der Waals surface area contributed by atoms with E-state index in [0.717, 1.165) is 4.88 Å². The van der Waals surface area contributed by atoms with E-state index < -0.39 is 12.0 Å². The molecule has 2 atom stereocenters. The predicted octanol–water partition coefficient (Wildman–Crippen LogP) is 0.959. The van der Waals surface area contributed by atoms with Gasteiger partial charge in [-0.05, 0) is 17.0 Å². The number of thiophene rings is 1. The van der Waals surface area contributed by atoms with Gasteiger partial charge >= 0.3 is 5.97 Å². The number of amides is 2. The Morgan fingerprint density at radius 2 is 2.26 bits per heavy atom. The van der Waals surface area contributed by atoms with Gasteiger partial charge in [-0.1, -0.05) is 6.07 Å². The molecule has 3 heterocycles. The summed E-state index contributed by atoms with van der Waals surface area (Å²) in [4.78, 5) is 37.9. The van der Waals surface area contributed by atoms with Crippen molar-refractivity contribution in [2.45, 2.75) is 17.8 Å². The summed E-state index contributed by atoms with van der Waals surface area (Å²) >= 11 is 7.06. The Hall–Kier alpha value is -1.45. The van der Waals surface area contributed by atoms with Crippen LogP contribution in [-0.2, 0) is 20.8 Å². The normalized spacial score (nSPS) is 23.3. The largest absolute Gasteiger partial charge is 0.477 e. The van der Waals surface area contributed by atoms with Crippen molar-refractivity contribution in [2.24, 2.45) is 0 Å². The fraction of sp³-hybridized carbons (Fsp3) is 0.357. The Kier molecular flexibility index (Phi) is 4.69. The number of carbonyl (C=O) groups excluding carboxylic acids is 2. The van der Waals surface area contributed by atoms with E-state index in [-0.39, 0.29) is 29.3 Å². The van der Waals surface area contributed by atoms with Crippen LogP contribution in [0.15, 0.2) is 28.8 Å². The molecule has 1 aromatic rings. The molecule has 1 aromatic heterocycles. The Morgan fingerprint density at radius 1 is 1.48 bits per heavy atom. The first kappa shape index (κ1) is 16.4. The first-order valence-corrected chi connectivity index (χ1v) is 9.41. The molecule has 2 amide bonds. The summed E-state index contributed by atoms with van der Waals surface area (Å²) < 4.78 is 0. The van der Waals surface area contributed by atoms with Crippen LogP contribution >= 0.6 is 35.7 Å². The van der Waals surface area contributed by atoms with Crippen LogP contribution in [0.1, 0.15) is 4.88 Å². The highest BCUT2D eigenvalue weighted by molar-refractivity contribution is 8.00. The van der Waals surface area contributed by atoms with Gasteiger partial charge in [0.15, 0.2) is 0 Å². The third-order valence-electron chi connectivity index (χ3n) is 3.67. The number of fused-ring (bicyclic) bond motifs is 1. The molecule has 1 fully saturated rings. The van der Waals surface area contributed by atoms with Crippen molar-refractivity contribution in [3.63, 3.8) is 0 Å². The average molecular weight is 370 g/mol. The highest BCUT2D eigenvalue weighted by Crippen LogP contribution is 2.40. The van der Waals surface area contributed by atoms with E-state index in [0.29, 0.717) is 17.1 Å². The summed E-state index contributed by atoms with van der Waals surface area (Å²) in [5.41, 5.74) is 0.635. The first-order valence-electron chi connectivity index (χ1n) is 6.85. The second kappa shape index (κ2) is 6.58. The van der Waals surface area contributed by atoms with Crippen LogP contribution in [0.2, 0.25) is 0 Å². The van der Waals surface area contributed by atoms with Crippen LogP contribution in [0, 0.1) is 0 Å². The number of carboxylic acids is 1. The number of aliphatic carboxylic acids is 1. The summed E-state index contributed by atoms with van der Waals surface area (Å²) in [5.74, 6) is -0.946. The number of thioether (sulfide) groups is 1. The van der Waals surface area contributed by atoms with Gasteiger partial charge in [-0.3, -0.25) is 14.5 Å². The topological polar surface area (TPSA) is 86.7 Å². The summed E-state index contributed by atoms with van der Waals surface area (Å²) in [6.07, 6.45) is 0.225. The lowest BCUT2D eigenvalue weighted by molar-refractivity contribution is -0.150. The molecule has 0 spiro atoms. The maximum absolute atomic E-state index is 12.3. The quantitative estimate of drug-likeness (QED) is 0.531. The molecule has 2 N–H and O–H groups in total. The zero-order chi connectivity index (χ0) is 16.6. The van der Waals surface area contributed by atoms with Crippen LogP contribution in [0.3, 0.4) is 0 Å². The van der Waals surface area contributed by atoms with Gasteiger partial charge in [0.2, 0.25) is 5.91 Å². The smallest absolute Gasteiger partial charge is 0.352 e. The minimum absolute atomic E-state index is 0.0116. The molecule has 9 heteroatoms. The monoisotopic (exact) mass is 370 g/mol. The van der Waals surface area contributed by atoms with Gasteiger partial charge in [-0.2, -0.15) is 12.6 Å². The van der Waals surface area contributed by atoms with Crippen molar-refractivity contribution in [3.05, 3.63) is 33.7 Å². The van der Waals surface area contributed by atoms with Gasteiger partial charge in [0, 0.05) is 16.4 Å². The van der Waals surface area contributed by atoms with Crippen molar-refractivity contribution in [1.82, 2.24) is 10.2 Å². The number of nitrogens with one attached hydrogen (secondary N) is 1. The van der Waals surface area contributed by atoms with Crippen molar-refractivity contribution in [1.29, 1.82) is 0 Å². The number of carbonyl (C=O) groups is 3. The SMILES string of the molecule is O=C(Cc1cccs1)NC1C(=O)N2C(C(=O)O)=C(CS)CS[C@H]12. The molecule has 2 aliphatic heterocycles. The zero-order valence-corrected chi connectivity index (χ0v) is 14.4. The van der Waals surface area contributed by atoms with Gasteiger partial charge in [0.05, 0.1) is 6.42 Å². The lowest BCUT2D eigenvalue weighted by Crippen LogP contribution is -2.70. The predicted molar refractivity (Wildman–Crippen MR) is 91.6 cm³/mol. The van der Waals surface area contributed by atoms with E-state index in [1.807, 2.05) is 17.5 Å². The Balaban J connectivity index is 1.69. The van der Waals surface area contributed by atoms with Crippen molar-refractivity contribution < 1.29 is 19.5 Å². The van der Waals surface area contributed by atoms with Crippen LogP contribution in [0.25, 0.3) is 0 Å². The van der Waals surface area contributed by atoms with Gasteiger partial charge < -0.3 is 10.4 Å². The van der Waals surface area contributed by atoms with Crippen molar-refractivity contribution >= 4 is 53.5 Å². The first-order chi connectivity index (χ1) is 11.0. The molecule has 3 rings (SSSR count). The molecule has 1 unspecified atom stereocenters. The number of thiol groups is 1. The summed E-state index contributed by atoms with van der Waals surface area (Å²) in [5, 5.41) is 13.6. The number of hydrogen-bond donors (Lipinski definition) is 3. The van der Waals surface area contributed by atoms with E-state index in [2.05, 4.69) is 17.9 Å². The maximum atomic E-state index is 12.3. The van der Waals surface area contributed by atoms with E-state index >= 15 is 0 Å². The number of carboxylic acid groups (broad SMARTS) is 1. The van der Waals surface area contributed by atoms with Gasteiger partial charge in [-0.15, -0.1) is 23.1 Å². The molecule has 0 radical (unpaired) electrons. The third-order valence-corrected chi connectivity index (χ3v) is 6.27. The molecule has 0 aliphatic carbocycles. The molecule has 0 bridgehead atoms. The highest BCUT2D eigenvalue weighted by atomic mass is 32.2. The van der Waals surface area contributed by atoms with Gasteiger partial charge in [0.1, 0.15) is 17.1 Å². The van der Waals surface area contributed by atoms with Crippen LogP contribution in [0.5, 0.6) is 0 Å². The summed E-state index contributed by atoms with van der Waals surface area (Å²) in [6, 6.07) is 3.06. The molecule has 122 valence electrons. The van der Waals surface area contributed by atoms with E-state index in [9.17, 15) is 19.5 Å². The standard InChI is InChI=1S/C14H14N2O4S3/c17-9(4-8-2-1-3-22-8)15-10-12(18)16-11(14(19)20)7(5-21)6-23-13(10)16/h1-3,10,13,21H,4-6H2,(H,15,17)(H,19,20)/t10?,13-/m1/s1. The number of β-lactam (4-membered cyclic amide) rings is 1. The molecule has 0 saturated carbocycles. The number of rotatable bonds is 5. The molecule has 23 heavy (non-hydrogen) atoms. The average Bonchev–Trinajstić information content (AvgIpc) is 3.03. The van der Waals surface area contributed by atoms with E-state index in [4.69, 9.17) is 0 Å². The number of nitrogens with zero attached hydrogens (tertiary/aromatic N) is 1. The Labute approximate surface area is 146 Å². The van der Waals surface area contributed by atoms with Gasteiger partial charge in [-0.25, -0.2) is 4.79 Å². The Bertz CT molecular complexity index is 686. The van der Waals surface area contributed by atoms with Crippen LogP contribution in [-0.4, -0.2) is 50.7 Å².